The van der Waals surface area contributed by atoms with Crippen molar-refractivity contribution in [2.45, 2.75) is 19.4 Å². The van der Waals surface area contributed by atoms with Crippen LogP contribution in [0.1, 0.15) is 22.7 Å². The summed E-state index contributed by atoms with van der Waals surface area (Å²) in [5.74, 6) is 0.169. The molecule has 0 spiro atoms. The Labute approximate surface area is 131 Å². The minimum atomic E-state index is 0.0206. The van der Waals surface area contributed by atoms with E-state index < -0.39 is 0 Å². The number of carbonyl (C=O) groups is 1. The molecule has 1 aliphatic heterocycles. The summed E-state index contributed by atoms with van der Waals surface area (Å²) in [6.45, 7) is 3.89. The minimum Gasteiger partial charge on any atom is -0.377 e. The fraction of sp³-hybridized carbons (Fsp3) is 0.316. The van der Waals surface area contributed by atoms with E-state index in [4.69, 9.17) is 4.74 Å². The van der Waals surface area contributed by atoms with Crippen molar-refractivity contribution in [1.82, 2.24) is 4.90 Å². The van der Waals surface area contributed by atoms with E-state index in [1.807, 2.05) is 35.2 Å². The Morgan fingerprint density at radius 2 is 2.00 bits per heavy atom. The molecule has 1 fully saturated rings. The molecule has 0 saturated carbocycles. The van der Waals surface area contributed by atoms with Crippen molar-refractivity contribution < 1.29 is 9.53 Å². The number of amides is 1. The van der Waals surface area contributed by atoms with Crippen LogP contribution in [0.25, 0.3) is 0 Å². The first-order valence-electron chi connectivity index (χ1n) is 7.72. The van der Waals surface area contributed by atoms with E-state index in [9.17, 15) is 4.79 Å². The lowest BCUT2D eigenvalue weighted by Crippen LogP contribution is -2.44. The van der Waals surface area contributed by atoms with Crippen LogP contribution in [0.3, 0.4) is 0 Å². The van der Waals surface area contributed by atoms with Crippen molar-refractivity contribution in [2.75, 3.05) is 19.8 Å². The SMILES string of the molecule is Cc1cccc(CC(=O)N2CCOCC2c2ccccc2)c1. The average molecular weight is 295 g/mol. The molecule has 2 aromatic carbocycles. The van der Waals surface area contributed by atoms with Crippen LogP contribution in [0.4, 0.5) is 0 Å². The number of nitrogens with zero attached hydrogens (tertiary/aromatic N) is 1. The number of hydrogen-bond acceptors (Lipinski definition) is 2. The molecule has 0 aromatic heterocycles. The summed E-state index contributed by atoms with van der Waals surface area (Å²) in [6.07, 6.45) is 0.449. The van der Waals surface area contributed by atoms with Gasteiger partial charge in [-0.1, -0.05) is 60.2 Å². The second kappa shape index (κ2) is 6.75. The highest BCUT2D eigenvalue weighted by Gasteiger charge is 2.28. The predicted molar refractivity (Wildman–Crippen MR) is 86.6 cm³/mol. The van der Waals surface area contributed by atoms with Crippen LogP contribution < -0.4 is 0 Å². The van der Waals surface area contributed by atoms with Gasteiger partial charge in [-0.2, -0.15) is 0 Å². The maximum atomic E-state index is 12.7. The predicted octanol–water partition coefficient (Wildman–Crippen LogP) is 3.14. The largest absolute Gasteiger partial charge is 0.377 e. The molecular weight excluding hydrogens is 274 g/mol. The fourth-order valence-corrected chi connectivity index (χ4v) is 2.95. The number of ether oxygens (including phenoxy) is 1. The fourth-order valence-electron chi connectivity index (χ4n) is 2.95. The maximum absolute atomic E-state index is 12.7. The van der Waals surface area contributed by atoms with Crippen LogP contribution in [0.2, 0.25) is 0 Å². The van der Waals surface area contributed by atoms with E-state index in [2.05, 4.69) is 31.2 Å². The molecule has 1 heterocycles. The molecule has 1 aliphatic rings. The van der Waals surface area contributed by atoms with Crippen LogP contribution in [0.15, 0.2) is 54.6 Å². The molecule has 1 amide bonds. The van der Waals surface area contributed by atoms with Gasteiger partial charge in [-0.25, -0.2) is 0 Å². The van der Waals surface area contributed by atoms with Crippen LogP contribution in [0, 0.1) is 6.92 Å². The van der Waals surface area contributed by atoms with Crippen LogP contribution in [-0.4, -0.2) is 30.6 Å². The van der Waals surface area contributed by atoms with Crippen LogP contribution in [0.5, 0.6) is 0 Å². The highest BCUT2D eigenvalue weighted by Crippen LogP contribution is 2.24. The molecule has 0 N–H and O–H groups in total. The van der Waals surface area contributed by atoms with E-state index in [0.717, 1.165) is 11.1 Å². The summed E-state index contributed by atoms with van der Waals surface area (Å²) in [5, 5.41) is 0. The van der Waals surface area contributed by atoms with Gasteiger partial charge < -0.3 is 9.64 Å². The molecule has 1 saturated heterocycles. The number of rotatable bonds is 3. The number of morpholine rings is 1. The van der Waals surface area contributed by atoms with Crippen molar-refractivity contribution in [2.24, 2.45) is 0 Å². The first kappa shape index (κ1) is 14.8. The Balaban J connectivity index is 1.77. The van der Waals surface area contributed by atoms with Gasteiger partial charge in [0, 0.05) is 6.54 Å². The summed E-state index contributed by atoms with van der Waals surface area (Å²) in [6, 6.07) is 18.3. The summed E-state index contributed by atoms with van der Waals surface area (Å²) in [7, 11) is 0. The highest BCUT2D eigenvalue weighted by molar-refractivity contribution is 5.79. The van der Waals surface area contributed by atoms with Gasteiger partial charge in [-0.3, -0.25) is 4.79 Å². The second-order valence-corrected chi connectivity index (χ2v) is 5.75. The van der Waals surface area contributed by atoms with Crippen molar-refractivity contribution in [3.05, 3.63) is 71.3 Å². The van der Waals surface area contributed by atoms with Gasteiger partial charge in [0.15, 0.2) is 0 Å². The van der Waals surface area contributed by atoms with Gasteiger partial charge in [-0.15, -0.1) is 0 Å². The zero-order valence-electron chi connectivity index (χ0n) is 12.9. The third-order valence-electron chi connectivity index (χ3n) is 4.07. The number of benzene rings is 2. The van der Waals surface area contributed by atoms with E-state index >= 15 is 0 Å². The molecule has 1 unspecified atom stereocenters. The summed E-state index contributed by atoms with van der Waals surface area (Å²) >= 11 is 0. The van der Waals surface area contributed by atoms with Gasteiger partial charge in [0.2, 0.25) is 5.91 Å². The second-order valence-electron chi connectivity index (χ2n) is 5.75. The number of hydrogen-bond donors (Lipinski definition) is 0. The summed E-state index contributed by atoms with van der Waals surface area (Å²) < 4.78 is 5.59. The highest BCUT2D eigenvalue weighted by atomic mass is 16.5. The Kier molecular flexibility index (Phi) is 4.54. The molecule has 2 aromatic rings. The van der Waals surface area contributed by atoms with Crippen LogP contribution in [-0.2, 0) is 16.0 Å². The zero-order valence-corrected chi connectivity index (χ0v) is 12.9. The quantitative estimate of drug-likeness (QED) is 0.870. The lowest BCUT2D eigenvalue weighted by atomic mass is 10.0. The molecule has 3 rings (SSSR count). The van der Waals surface area contributed by atoms with Gasteiger partial charge in [0.1, 0.15) is 0 Å². The Morgan fingerprint density at radius 3 is 2.77 bits per heavy atom. The lowest BCUT2D eigenvalue weighted by molar-refractivity contribution is -0.139. The van der Waals surface area contributed by atoms with Crippen molar-refractivity contribution in [3.8, 4) is 0 Å². The topological polar surface area (TPSA) is 29.5 Å². The monoisotopic (exact) mass is 295 g/mol. The molecule has 3 nitrogen and oxygen atoms in total. The third kappa shape index (κ3) is 3.37. The van der Waals surface area contributed by atoms with Gasteiger partial charge in [0.05, 0.1) is 25.7 Å². The van der Waals surface area contributed by atoms with Crippen molar-refractivity contribution >= 4 is 5.91 Å². The molecule has 0 bridgehead atoms. The standard InChI is InChI=1S/C19H21NO2/c1-15-6-5-7-16(12-15)13-19(21)20-10-11-22-14-18(20)17-8-3-2-4-9-17/h2-9,12,18H,10-11,13-14H2,1H3. The van der Waals surface area contributed by atoms with Crippen molar-refractivity contribution in [1.29, 1.82) is 0 Å². The molecule has 0 aliphatic carbocycles. The number of aryl methyl sites for hydroxylation is 1. The molecular formula is C19H21NO2. The van der Waals surface area contributed by atoms with E-state index in [-0.39, 0.29) is 11.9 Å². The van der Waals surface area contributed by atoms with Crippen LogP contribution >= 0.6 is 0 Å². The first-order chi connectivity index (χ1) is 10.7. The van der Waals surface area contributed by atoms with Gasteiger partial charge >= 0.3 is 0 Å². The van der Waals surface area contributed by atoms with E-state index in [1.165, 1.54) is 5.56 Å². The van der Waals surface area contributed by atoms with Crippen molar-refractivity contribution in [3.63, 3.8) is 0 Å². The number of carbonyl (C=O) groups excluding carboxylic acids is 1. The summed E-state index contributed by atoms with van der Waals surface area (Å²) in [4.78, 5) is 14.7. The van der Waals surface area contributed by atoms with Gasteiger partial charge in [0.25, 0.3) is 0 Å². The zero-order chi connectivity index (χ0) is 15.4. The average Bonchev–Trinajstić information content (AvgIpc) is 2.56. The third-order valence-corrected chi connectivity index (χ3v) is 4.07. The molecule has 1 atom stereocenters. The van der Waals surface area contributed by atoms with E-state index in [0.29, 0.717) is 26.2 Å². The first-order valence-corrected chi connectivity index (χ1v) is 7.72. The maximum Gasteiger partial charge on any atom is 0.227 e. The molecule has 0 radical (unpaired) electrons. The Morgan fingerprint density at radius 1 is 1.18 bits per heavy atom. The normalized spacial score (nSPS) is 18.2. The smallest absolute Gasteiger partial charge is 0.227 e. The molecule has 22 heavy (non-hydrogen) atoms. The van der Waals surface area contributed by atoms with E-state index in [1.54, 1.807) is 0 Å². The Bertz CT molecular complexity index is 639. The van der Waals surface area contributed by atoms with Gasteiger partial charge in [-0.05, 0) is 18.1 Å². The minimum absolute atomic E-state index is 0.0206. The lowest BCUT2D eigenvalue weighted by Gasteiger charge is -2.36. The Hall–Kier alpha value is -2.13. The molecule has 3 heteroatoms. The summed E-state index contributed by atoms with van der Waals surface area (Å²) in [5.41, 5.74) is 3.40. The molecule has 114 valence electrons.